The predicted molar refractivity (Wildman–Crippen MR) is 97.2 cm³/mol. The average Bonchev–Trinajstić information content (AvgIpc) is 3.20. The summed E-state index contributed by atoms with van der Waals surface area (Å²) in [5.74, 6) is -5.70. The number of carboxylic acids is 2. The third-order valence-electron chi connectivity index (χ3n) is 6.08. The maximum Gasteiger partial charge on any atom is 0.329 e. The van der Waals surface area contributed by atoms with Crippen LogP contribution in [0.25, 0.3) is 10.9 Å². The third-order valence-corrected chi connectivity index (χ3v) is 6.08. The number of carbonyl (C=O) groups is 3. The van der Waals surface area contributed by atoms with E-state index in [4.69, 9.17) is 5.73 Å². The fraction of sp³-hybridized carbons (Fsp3) is 0.421. The second kappa shape index (κ2) is 6.32. The molecule has 1 amide bonds. The Morgan fingerprint density at radius 3 is 2.64 bits per heavy atom. The van der Waals surface area contributed by atoms with Gasteiger partial charge in [-0.3, -0.25) is 9.59 Å². The van der Waals surface area contributed by atoms with Gasteiger partial charge in [0.15, 0.2) is 0 Å². The van der Waals surface area contributed by atoms with Crippen molar-refractivity contribution in [1.82, 2.24) is 10.3 Å². The molecule has 2 saturated carbocycles. The van der Waals surface area contributed by atoms with Gasteiger partial charge in [-0.25, -0.2) is 4.79 Å². The van der Waals surface area contributed by atoms with E-state index in [1.807, 2.05) is 24.3 Å². The lowest BCUT2D eigenvalue weighted by molar-refractivity contribution is -0.150. The molecule has 2 aromatic rings. The Hall–Kier alpha value is -2.91. The molecule has 0 bridgehead atoms. The number of aliphatic hydroxyl groups excluding tert-OH is 1. The van der Waals surface area contributed by atoms with E-state index >= 15 is 0 Å². The molecule has 148 valence electrons. The third kappa shape index (κ3) is 2.66. The van der Waals surface area contributed by atoms with Crippen LogP contribution in [-0.4, -0.2) is 55.8 Å². The SMILES string of the molecule is N[C@@H](Cc1c[nH]c2ccccc12)C(=O)N[C@@]1(C(=O)O)C[C@H](O)[C@H]2[C@H](C(=O)O)[C@H]21. The minimum atomic E-state index is -1.82. The molecule has 0 radical (unpaired) electrons. The number of nitrogens with two attached hydrogens (primary N) is 1. The highest BCUT2D eigenvalue weighted by Gasteiger charge is 2.75. The normalized spacial score (nSPS) is 31.9. The first-order valence-electron chi connectivity index (χ1n) is 9.03. The zero-order valence-electron chi connectivity index (χ0n) is 14.8. The molecule has 1 aromatic heterocycles. The number of aliphatic carboxylic acids is 2. The molecular weight excluding hydrogens is 366 g/mol. The molecule has 28 heavy (non-hydrogen) atoms. The van der Waals surface area contributed by atoms with E-state index < -0.39 is 53.3 Å². The summed E-state index contributed by atoms with van der Waals surface area (Å²) in [7, 11) is 0. The van der Waals surface area contributed by atoms with Gasteiger partial charge in [-0.15, -0.1) is 0 Å². The van der Waals surface area contributed by atoms with E-state index in [9.17, 15) is 29.7 Å². The summed E-state index contributed by atoms with van der Waals surface area (Å²) >= 11 is 0. The van der Waals surface area contributed by atoms with Crippen LogP contribution in [0.2, 0.25) is 0 Å². The van der Waals surface area contributed by atoms with Crippen molar-refractivity contribution in [2.75, 3.05) is 0 Å². The zero-order valence-corrected chi connectivity index (χ0v) is 14.8. The van der Waals surface area contributed by atoms with E-state index in [-0.39, 0.29) is 12.8 Å². The van der Waals surface area contributed by atoms with Crippen molar-refractivity contribution < 1.29 is 29.7 Å². The first-order valence-corrected chi connectivity index (χ1v) is 9.03. The van der Waals surface area contributed by atoms with Gasteiger partial charge in [-0.1, -0.05) is 18.2 Å². The molecule has 7 N–H and O–H groups in total. The van der Waals surface area contributed by atoms with Crippen LogP contribution >= 0.6 is 0 Å². The minimum Gasteiger partial charge on any atom is -0.481 e. The molecule has 6 atom stereocenters. The summed E-state index contributed by atoms with van der Waals surface area (Å²) in [4.78, 5) is 39.1. The van der Waals surface area contributed by atoms with Crippen LogP contribution in [0.1, 0.15) is 12.0 Å². The fourth-order valence-electron chi connectivity index (χ4n) is 4.73. The van der Waals surface area contributed by atoms with Crippen molar-refractivity contribution >= 4 is 28.7 Å². The van der Waals surface area contributed by atoms with Gasteiger partial charge in [-0.2, -0.15) is 0 Å². The largest absolute Gasteiger partial charge is 0.481 e. The number of nitrogens with one attached hydrogen (secondary N) is 2. The van der Waals surface area contributed by atoms with Crippen molar-refractivity contribution in [3.05, 3.63) is 36.0 Å². The highest BCUT2D eigenvalue weighted by molar-refractivity contribution is 5.93. The second-order valence-electron chi connectivity index (χ2n) is 7.67. The lowest BCUT2D eigenvalue weighted by atomic mass is 9.89. The van der Waals surface area contributed by atoms with Gasteiger partial charge in [0.2, 0.25) is 5.91 Å². The van der Waals surface area contributed by atoms with E-state index in [2.05, 4.69) is 10.3 Å². The molecule has 0 aliphatic heterocycles. The lowest BCUT2D eigenvalue weighted by Gasteiger charge is -2.30. The Labute approximate surface area is 159 Å². The topological polar surface area (TPSA) is 166 Å². The van der Waals surface area contributed by atoms with Gasteiger partial charge >= 0.3 is 11.9 Å². The van der Waals surface area contributed by atoms with E-state index in [0.717, 1.165) is 16.5 Å². The number of carboxylic acid groups (broad SMARTS) is 2. The molecule has 4 rings (SSSR count). The van der Waals surface area contributed by atoms with Gasteiger partial charge in [0.25, 0.3) is 0 Å². The van der Waals surface area contributed by atoms with E-state index in [0.29, 0.717) is 0 Å². The first kappa shape index (κ1) is 18.5. The lowest BCUT2D eigenvalue weighted by Crippen LogP contribution is -2.60. The Morgan fingerprint density at radius 2 is 2.00 bits per heavy atom. The van der Waals surface area contributed by atoms with Gasteiger partial charge in [-0.05, 0) is 18.1 Å². The van der Waals surface area contributed by atoms with Crippen molar-refractivity contribution in [2.24, 2.45) is 23.5 Å². The smallest absolute Gasteiger partial charge is 0.329 e. The number of aliphatic hydroxyl groups is 1. The average molecular weight is 387 g/mol. The van der Waals surface area contributed by atoms with Crippen molar-refractivity contribution in [3.8, 4) is 0 Å². The number of fused-ring (bicyclic) bond motifs is 2. The molecule has 0 spiro atoms. The summed E-state index contributed by atoms with van der Waals surface area (Å²) in [5, 5.41) is 32.5. The van der Waals surface area contributed by atoms with Gasteiger partial charge in [0, 0.05) is 35.4 Å². The number of hydrogen-bond donors (Lipinski definition) is 6. The molecule has 9 nitrogen and oxygen atoms in total. The van der Waals surface area contributed by atoms with Crippen molar-refractivity contribution in [1.29, 1.82) is 0 Å². The fourth-order valence-corrected chi connectivity index (χ4v) is 4.73. The van der Waals surface area contributed by atoms with Crippen LogP contribution in [0.3, 0.4) is 0 Å². The van der Waals surface area contributed by atoms with Crippen LogP contribution in [0.15, 0.2) is 30.5 Å². The van der Waals surface area contributed by atoms with Crippen molar-refractivity contribution in [3.63, 3.8) is 0 Å². The number of amides is 1. The van der Waals surface area contributed by atoms with E-state index in [1.165, 1.54) is 0 Å². The second-order valence-corrected chi connectivity index (χ2v) is 7.67. The van der Waals surface area contributed by atoms with E-state index in [1.54, 1.807) is 6.20 Å². The van der Waals surface area contributed by atoms with Crippen LogP contribution in [0.5, 0.6) is 0 Å². The Kier molecular flexibility index (Phi) is 4.16. The summed E-state index contributed by atoms with van der Waals surface area (Å²) in [6.45, 7) is 0. The molecule has 2 aliphatic carbocycles. The Bertz CT molecular complexity index is 971. The molecule has 2 aliphatic rings. The number of carbonyl (C=O) groups excluding carboxylic acids is 1. The molecule has 1 heterocycles. The maximum atomic E-state index is 12.7. The number of rotatable bonds is 6. The van der Waals surface area contributed by atoms with Gasteiger partial charge < -0.3 is 31.4 Å². The summed E-state index contributed by atoms with van der Waals surface area (Å²) in [6.07, 6.45) is 0.617. The molecular formula is C19H21N3O6. The maximum absolute atomic E-state index is 12.7. The predicted octanol–water partition coefficient (Wildman–Crippen LogP) is -0.311. The Balaban J connectivity index is 1.53. The quantitative estimate of drug-likeness (QED) is 0.395. The number of aromatic amines is 1. The summed E-state index contributed by atoms with van der Waals surface area (Å²) < 4.78 is 0. The highest BCUT2D eigenvalue weighted by atomic mass is 16.4. The minimum absolute atomic E-state index is 0.185. The van der Waals surface area contributed by atoms with Crippen LogP contribution < -0.4 is 11.1 Å². The number of aromatic nitrogens is 1. The van der Waals surface area contributed by atoms with Crippen LogP contribution in [0, 0.1) is 17.8 Å². The Morgan fingerprint density at radius 1 is 1.29 bits per heavy atom. The monoisotopic (exact) mass is 387 g/mol. The number of hydrogen-bond acceptors (Lipinski definition) is 5. The molecule has 2 fully saturated rings. The van der Waals surface area contributed by atoms with Crippen LogP contribution in [0.4, 0.5) is 0 Å². The standard InChI is InChI=1S/C19H21N3O6/c20-10(5-8-7-21-11-4-2-1-3-9(8)11)16(24)22-19(18(27)28)6-12(23)13-14(15(13)19)17(25)26/h1-4,7,10,12-15,21,23H,5-6,20H2,(H,22,24)(H,25,26)(H,27,28)/t10-,12-,13-,14-,15-,19-/m0/s1. The number of benzene rings is 1. The molecule has 1 aromatic carbocycles. The molecule has 0 unspecified atom stereocenters. The highest BCUT2D eigenvalue weighted by Crippen LogP contribution is 2.62. The number of H-pyrrole nitrogens is 1. The summed E-state index contributed by atoms with van der Waals surface area (Å²) in [5.41, 5.74) is 5.93. The zero-order chi connectivity index (χ0) is 20.2. The van der Waals surface area contributed by atoms with Crippen LogP contribution in [-0.2, 0) is 20.8 Å². The first-order chi connectivity index (χ1) is 13.3. The summed E-state index contributed by atoms with van der Waals surface area (Å²) in [6, 6.07) is 6.51. The van der Waals surface area contributed by atoms with Crippen molar-refractivity contribution in [2.45, 2.75) is 30.5 Å². The molecule has 9 heteroatoms. The number of para-hydroxylation sites is 1. The van der Waals surface area contributed by atoms with Gasteiger partial charge in [0.1, 0.15) is 5.54 Å². The molecule has 0 saturated heterocycles. The van der Waals surface area contributed by atoms with Gasteiger partial charge in [0.05, 0.1) is 18.1 Å².